The van der Waals surface area contributed by atoms with Gasteiger partial charge in [0.05, 0.1) is 10.4 Å². The lowest BCUT2D eigenvalue weighted by molar-refractivity contribution is -0.384. The fraction of sp³-hybridized carbons (Fsp3) is 0.273. The van der Waals surface area contributed by atoms with Crippen molar-refractivity contribution in [1.82, 2.24) is 9.97 Å². The molecule has 0 radical (unpaired) electrons. The molecule has 1 atom stereocenters. The van der Waals surface area contributed by atoms with Crippen molar-refractivity contribution in [3.63, 3.8) is 0 Å². The van der Waals surface area contributed by atoms with Crippen LogP contribution in [-0.4, -0.2) is 27.5 Å². The van der Waals surface area contributed by atoms with E-state index in [1.54, 1.807) is 6.07 Å². The molecule has 1 heterocycles. The van der Waals surface area contributed by atoms with Gasteiger partial charge in [0.1, 0.15) is 12.1 Å². The average molecular weight is 247 g/mol. The van der Waals surface area contributed by atoms with E-state index in [0.29, 0.717) is 23.3 Å². The number of nitrogens with two attached hydrogens (primary N) is 1. The summed E-state index contributed by atoms with van der Waals surface area (Å²) in [4.78, 5) is 18.4. The van der Waals surface area contributed by atoms with Crippen molar-refractivity contribution in [1.29, 1.82) is 0 Å². The van der Waals surface area contributed by atoms with E-state index in [4.69, 9.17) is 5.73 Å². The number of anilines is 1. The standard InChI is InChI=1S/C11H13N5O2/c1-7(12)5-13-11-9-4-8(16(17)18)2-3-10(9)14-6-15-11/h2-4,6-7H,5,12H2,1H3,(H,13,14,15)/t7-/m1/s1. The second kappa shape index (κ2) is 4.92. The lowest BCUT2D eigenvalue weighted by Crippen LogP contribution is -2.25. The first-order chi connectivity index (χ1) is 8.58. The third kappa shape index (κ3) is 2.51. The van der Waals surface area contributed by atoms with Crippen molar-refractivity contribution in [2.75, 3.05) is 11.9 Å². The van der Waals surface area contributed by atoms with Crippen LogP contribution in [0.3, 0.4) is 0 Å². The van der Waals surface area contributed by atoms with E-state index in [9.17, 15) is 10.1 Å². The molecule has 3 N–H and O–H groups in total. The molecule has 0 amide bonds. The molecule has 2 aromatic rings. The second-order valence-electron chi connectivity index (χ2n) is 4.04. The van der Waals surface area contributed by atoms with Gasteiger partial charge in [0.2, 0.25) is 0 Å². The highest BCUT2D eigenvalue weighted by molar-refractivity contribution is 5.90. The SMILES string of the molecule is C[C@@H](N)CNc1ncnc2ccc([N+](=O)[O-])cc12. The maximum Gasteiger partial charge on any atom is 0.270 e. The summed E-state index contributed by atoms with van der Waals surface area (Å²) in [5.74, 6) is 0.556. The number of rotatable bonds is 4. The second-order valence-corrected chi connectivity index (χ2v) is 4.04. The van der Waals surface area contributed by atoms with Crippen molar-refractivity contribution in [2.45, 2.75) is 13.0 Å². The van der Waals surface area contributed by atoms with E-state index in [1.165, 1.54) is 18.5 Å². The van der Waals surface area contributed by atoms with E-state index in [-0.39, 0.29) is 11.7 Å². The van der Waals surface area contributed by atoms with Gasteiger partial charge in [-0.05, 0) is 13.0 Å². The fourth-order valence-corrected chi connectivity index (χ4v) is 1.56. The largest absolute Gasteiger partial charge is 0.368 e. The Bertz CT molecular complexity index is 585. The Hall–Kier alpha value is -2.28. The topological polar surface area (TPSA) is 107 Å². The molecule has 94 valence electrons. The molecule has 0 bridgehead atoms. The normalized spacial score (nSPS) is 12.3. The average Bonchev–Trinajstić information content (AvgIpc) is 2.35. The molecule has 7 nitrogen and oxygen atoms in total. The maximum absolute atomic E-state index is 10.7. The van der Waals surface area contributed by atoms with Gasteiger partial charge >= 0.3 is 0 Å². The first kappa shape index (κ1) is 12.2. The van der Waals surface area contributed by atoms with Gasteiger partial charge in [0.15, 0.2) is 0 Å². The predicted octanol–water partition coefficient (Wildman–Crippen LogP) is 1.30. The monoisotopic (exact) mass is 247 g/mol. The molecule has 7 heteroatoms. The molecule has 0 spiro atoms. The quantitative estimate of drug-likeness (QED) is 0.622. The smallest absolute Gasteiger partial charge is 0.270 e. The minimum absolute atomic E-state index is 0.0150. The van der Waals surface area contributed by atoms with Crippen LogP contribution in [0.5, 0.6) is 0 Å². The predicted molar refractivity (Wildman–Crippen MR) is 68.3 cm³/mol. The number of aromatic nitrogens is 2. The Kier molecular flexibility index (Phi) is 3.33. The third-order valence-corrected chi connectivity index (χ3v) is 2.42. The molecule has 0 aliphatic carbocycles. The van der Waals surface area contributed by atoms with E-state index in [2.05, 4.69) is 15.3 Å². The summed E-state index contributed by atoms with van der Waals surface area (Å²) < 4.78 is 0. The first-order valence-corrected chi connectivity index (χ1v) is 5.46. The highest BCUT2D eigenvalue weighted by Crippen LogP contribution is 2.23. The van der Waals surface area contributed by atoms with Crippen LogP contribution >= 0.6 is 0 Å². The summed E-state index contributed by atoms with van der Waals surface area (Å²) in [5, 5.41) is 14.4. The number of benzene rings is 1. The van der Waals surface area contributed by atoms with Crippen molar-refractivity contribution < 1.29 is 4.92 Å². The number of non-ortho nitro benzene ring substituents is 1. The van der Waals surface area contributed by atoms with Crippen LogP contribution in [0, 0.1) is 10.1 Å². The zero-order valence-corrected chi connectivity index (χ0v) is 9.83. The van der Waals surface area contributed by atoms with Crippen LogP contribution in [0.2, 0.25) is 0 Å². The Morgan fingerprint density at radius 2 is 2.28 bits per heavy atom. The van der Waals surface area contributed by atoms with Crippen LogP contribution < -0.4 is 11.1 Å². The number of nitro benzene ring substituents is 1. The van der Waals surface area contributed by atoms with Crippen LogP contribution in [0.25, 0.3) is 10.9 Å². The number of hydrogen-bond acceptors (Lipinski definition) is 6. The van der Waals surface area contributed by atoms with Crippen molar-refractivity contribution in [3.05, 3.63) is 34.6 Å². The summed E-state index contributed by atoms with van der Waals surface area (Å²) in [7, 11) is 0. The molecule has 0 saturated heterocycles. The van der Waals surface area contributed by atoms with Crippen LogP contribution in [0.1, 0.15) is 6.92 Å². The number of fused-ring (bicyclic) bond motifs is 1. The van der Waals surface area contributed by atoms with Gasteiger partial charge in [-0.15, -0.1) is 0 Å². The van der Waals surface area contributed by atoms with Crippen molar-refractivity contribution >= 4 is 22.4 Å². The number of nitrogens with one attached hydrogen (secondary N) is 1. The highest BCUT2D eigenvalue weighted by Gasteiger charge is 2.10. The molecule has 0 fully saturated rings. The molecule has 18 heavy (non-hydrogen) atoms. The molecule has 1 aromatic carbocycles. The Balaban J connectivity index is 2.45. The van der Waals surface area contributed by atoms with Crippen molar-refractivity contribution in [3.8, 4) is 0 Å². The van der Waals surface area contributed by atoms with Gasteiger partial charge in [0.25, 0.3) is 5.69 Å². The fourth-order valence-electron chi connectivity index (χ4n) is 1.56. The van der Waals surface area contributed by atoms with E-state index in [1.807, 2.05) is 6.92 Å². The lowest BCUT2D eigenvalue weighted by atomic mass is 10.2. The zero-order valence-electron chi connectivity index (χ0n) is 9.83. The molecule has 0 unspecified atom stereocenters. The minimum atomic E-state index is -0.443. The van der Waals surface area contributed by atoms with Crippen LogP contribution in [0.4, 0.5) is 11.5 Å². The summed E-state index contributed by atoms with van der Waals surface area (Å²) >= 11 is 0. The van der Waals surface area contributed by atoms with Crippen molar-refractivity contribution in [2.24, 2.45) is 5.73 Å². The number of nitrogens with zero attached hydrogens (tertiary/aromatic N) is 3. The van der Waals surface area contributed by atoms with E-state index < -0.39 is 4.92 Å². The Morgan fingerprint density at radius 1 is 1.50 bits per heavy atom. The van der Waals surface area contributed by atoms with Crippen LogP contribution in [0.15, 0.2) is 24.5 Å². The summed E-state index contributed by atoms with van der Waals surface area (Å²) in [6.45, 7) is 2.40. The third-order valence-electron chi connectivity index (χ3n) is 2.42. The molecular formula is C11H13N5O2. The summed E-state index contributed by atoms with van der Waals surface area (Å²) in [5.41, 5.74) is 6.32. The minimum Gasteiger partial charge on any atom is -0.368 e. The number of nitro groups is 1. The summed E-state index contributed by atoms with van der Waals surface area (Å²) in [6, 6.07) is 4.45. The van der Waals surface area contributed by atoms with E-state index in [0.717, 1.165) is 0 Å². The molecule has 2 rings (SSSR count). The van der Waals surface area contributed by atoms with Gasteiger partial charge in [0, 0.05) is 30.1 Å². The van der Waals surface area contributed by atoms with E-state index >= 15 is 0 Å². The maximum atomic E-state index is 10.7. The Labute approximate surface area is 103 Å². The van der Waals surface area contributed by atoms with Gasteiger partial charge < -0.3 is 11.1 Å². The van der Waals surface area contributed by atoms with Gasteiger partial charge in [-0.3, -0.25) is 10.1 Å². The van der Waals surface area contributed by atoms with Gasteiger partial charge in [-0.25, -0.2) is 9.97 Å². The molecular weight excluding hydrogens is 234 g/mol. The zero-order chi connectivity index (χ0) is 13.1. The first-order valence-electron chi connectivity index (χ1n) is 5.46. The van der Waals surface area contributed by atoms with Gasteiger partial charge in [-0.1, -0.05) is 0 Å². The summed E-state index contributed by atoms with van der Waals surface area (Å²) in [6.07, 6.45) is 1.41. The van der Waals surface area contributed by atoms with Gasteiger partial charge in [-0.2, -0.15) is 0 Å². The molecule has 0 aliphatic heterocycles. The molecule has 0 aliphatic rings. The number of hydrogen-bond donors (Lipinski definition) is 2. The Morgan fingerprint density at radius 3 is 2.94 bits per heavy atom. The highest BCUT2D eigenvalue weighted by atomic mass is 16.6. The molecule has 0 saturated carbocycles. The molecule has 1 aromatic heterocycles. The lowest BCUT2D eigenvalue weighted by Gasteiger charge is -2.09. The van der Waals surface area contributed by atoms with Crippen LogP contribution in [-0.2, 0) is 0 Å².